The predicted molar refractivity (Wildman–Crippen MR) is 113 cm³/mol. The maximum atomic E-state index is 13.3. The second kappa shape index (κ2) is 8.19. The Morgan fingerprint density at radius 3 is 2.58 bits per heavy atom. The summed E-state index contributed by atoms with van der Waals surface area (Å²) in [5.41, 5.74) is 0.00291. The first-order chi connectivity index (χ1) is 14.9. The number of hydrogen-bond donors (Lipinski definition) is 1. The van der Waals surface area contributed by atoms with Crippen molar-refractivity contribution in [2.75, 3.05) is 27.4 Å². The van der Waals surface area contributed by atoms with E-state index in [1.54, 1.807) is 37.3 Å². The van der Waals surface area contributed by atoms with E-state index in [-0.39, 0.29) is 12.5 Å². The molecule has 31 heavy (non-hydrogen) atoms. The van der Waals surface area contributed by atoms with Gasteiger partial charge in [0.1, 0.15) is 5.54 Å². The number of carbonyl (C=O) groups is 2. The van der Waals surface area contributed by atoms with Gasteiger partial charge >= 0.3 is 6.03 Å². The molecule has 2 aliphatic heterocycles. The highest BCUT2D eigenvalue weighted by Gasteiger charge is 2.49. The number of methoxy groups -OCH3 is 2. The summed E-state index contributed by atoms with van der Waals surface area (Å²) in [6.07, 6.45) is 0.747. The average molecular weight is 447 g/mol. The maximum Gasteiger partial charge on any atom is 0.325 e. The van der Waals surface area contributed by atoms with E-state index in [1.807, 2.05) is 0 Å². The van der Waals surface area contributed by atoms with Gasteiger partial charge in [0, 0.05) is 6.42 Å². The van der Waals surface area contributed by atoms with E-state index in [0.29, 0.717) is 52.4 Å². The molecule has 0 aromatic heterocycles. The fraction of sp³-hybridized carbons (Fsp3) is 0.364. The van der Waals surface area contributed by atoms with Crippen LogP contribution in [-0.2, 0) is 16.9 Å². The minimum atomic E-state index is -1.24. The number of nitrogens with one attached hydrogen (secondary N) is 1. The Hall–Kier alpha value is -3.13. The number of nitrogens with zero attached hydrogens (tertiary/aromatic N) is 1. The van der Waals surface area contributed by atoms with Crippen molar-refractivity contribution in [1.29, 1.82) is 0 Å². The lowest BCUT2D eigenvalue weighted by molar-refractivity contribution is -0.131. The molecule has 0 radical (unpaired) electrons. The van der Waals surface area contributed by atoms with Crippen LogP contribution in [-0.4, -0.2) is 44.3 Å². The molecule has 1 fully saturated rings. The Kier molecular flexibility index (Phi) is 5.58. The van der Waals surface area contributed by atoms with Gasteiger partial charge in [-0.15, -0.1) is 0 Å². The first-order valence-corrected chi connectivity index (χ1v) is 10.2. The Balaban J connectivity index is 1.62. The number of ether oxygens (including phenoxy) is 4. The molecule has 2 aliphatic rings. The van der Waals surface area contributed by atoms with Crippen LogP contribution < -0.4 is 24.3 Å². The van der Waals surface area contributed by atoms with Gasteiger partial charge in [-0.1, -0.05) is 17.7 Å². The van der Waals surface area contributed by atoms with Crippen LogP contribution in [0.1, 0.15) is 24.5 Å². The number of fused-ring (bicyclic) bond motifs is 1. The fourth-order valence-corrected chi connectivity index (χ4v) is 4.03. The Morgan fingerprint density at radius 2 is 1.84 bits per heavy atom. The molecule has 1 saturated heterocycles. The van der Waals surface area contributed by atoms with Crippen LogP contribution in [0.25, 0.3) is 0 Å². The number of halogens is 1. The fourth-order valence-electron chi connectivity index (χ4n) is 3.74. The van der Waals surface area contributed by atoms with Crippen LogP contribution in [0.15, 0.2) is 30.3 Å². The van der Waals surface area contributed by atoms with Gasteiger partial charge < -0.3 is 24.3 Å². The SMILES string of the molecule is COc1ccc(C2(C)NC(=O)N(Cc3cc(Cl)c4c(c3)OCCCO4)C2=O)cc1OC. The molecule has 164 valence electrons. The third-order valence-corrected chi connectivity index (χ3v) is 5.72. The van der Waals surface area contributed by atoms with Crippen molar-refractivity contribution >= 4 is 23.5 Å². The van der Waals surface area contributed by atoms with E-state index in [2.05, 4.69) is 5.32 Å². The van der Waals surface area contributed by atoms with Crippen LogP contribution in [0.4, 0.5) is 4.79 Å². The van der Waals surface area contributed by atoms with Gasteiger partial charge in [-0.3, -0.25) is 9.69 Å². The number of rotatable bonds is 5. The molecule has 1 unspecified atom stereocenters. The van der Waals surface area contributed by atoms with Crippen molar-refractivity contribution in [3.63, 3.8) is 0 Å². The van der Waals surface area contributed by atoms with E-state index in [0.717, 1.165) is 11.3 Å². The minimum absolute atomic E-state index is 0.0455. The van der Waals surface area contributed by atoms with Gasteiger partial charge in [0.05, 0.1) is 39.0 Å². The predicted octanol–water partition coefficient (Wildman–Crippen LogP) is 3.49. The van der Waals surface area contributed by atoms with Gasteiger partial charge in [0.15, 0.2) is 23.0 Å². The average Bonchev–Trinajstić information content (AvgIpc) is 2.93. The number of amides is 3. The van der Waals surface area contributed by atoms with Gasteiger partial charge in [-0.05, 0) is 42.3 Å². The van der Waals surface area contributed by atoms with E-state index in [1.165, 1.54) is 14.2 Å². The Bertz CT molecular complexity index is 1040. The first-order valence-electron chi connectivity index (χ1n) is 9.82. The van der Waals surface area contributed by atoms with Crippen LogP contribution >= 0.6 is 11.6 Å². The molecule has 9 heteroatoms. The quantitative estimate of drug-likeness (QED) is 0.707. The number of carbonyl (C=O) groups excluding carboxylic acids is 2. The third kappa shape index (κ3) is 3.72. The van der Waals surface area contributed by atoms with E-state index < -0.39 is 11.6 Å². The molecule has 1 atom stereocenters. The molecule has 0 aliphatic carbocycles. The summed E-state index contributed by atoms with van der Waals surface area (Å²) in [5, 5.41) is 3.17. The second-order valence-corrected chi connectivity index (χ2v) is 7.88. The smallest absolute Gasteiger partial charge is 0.325 e. The third-order valence-electron chi connectivity index (χ3n) is 5.44. The molecule has 2 aromatic rings. The highest BCUT2D eigenvalue weighted by Crippen LogP contribution is 2.39. The topological polar surface area (TPSA) is 86.3 Å². The second-order valence-electron chi connectivity index (χ2n) is 7.47. The van der Waals surface area contributed by atoms with Gasteiger partial charge in [-0.25, -0.2) is 4.79 Å². The van der Waals surface area contributed by atoms with Crippen molar-refractivity contribution in [3.05, 3.63) is 46.5 Å². The minimum Gasteiger partial charge on any atom is -0.493 e. The molecular formula is C22H23ClN2O6. The summed E-state index contributed by atoms with van der Waals surface area (Å²) in [6, 6.07) is 8.05. The molecular weight excluding hydrogens is 424 g/mol. The van der Waals surface area contributed by atoms with Crippen molar-refractivity contribution < 1.29 is 28.5 Å². The lowest BCUT2D eigenvalue weighted by Crippen LogP contribution is -2.40. The van der Waals surface area contributed by atoms with Gasteiger partial charge in [0.2, 0.25) is 0 Å². The Labute approximate surface area is 185 Å². The molecule has 3 amide bonds. The molecule has 1 N–H and O–H groups in total. The number of urea groups is 1. The standard InChI is InChI=1S/C22H23ClN2O6/c1-22(14-5-6-16(28-2)17(11-14)29-3)20(26)25(21(27)24-22)12-13-9-15(23)19-18(10-13)30-7-4-8-31-19/h5-6,9-11H,4,7-8,12H2,1-3H3,(H,24,27). The van der Waals surface area contributed by atoms with E-state index >= 15 is 0 Å². The molecule has 2 heterocycles. The highest BCUT2D eigenvalue weighted by molar-refractivity contribution is 6.32. The van der Waals surface area contributed by atoms with Gasteiger partial charge in [0.25, 0.3) is 5.91 Å². The summed E-state index contributed by atoms with van der Waals surface area (Å²) in [6.45, 7) is 2.73. The van der Waals surface area contributed by atoms with E-state index in [4.69, 9.17) is 30.5 Å². The summed E-state index contributed by atoms with van der Waals surface area (Å²) in [4.78, 5) is 27.2. The van der Waals surface area contributed by atoms with Crippen LogP contribution in [0.3, 0.4) is 0 Å². The van der Waals surface area contributed by atoms with Gasteiger partial charge in [-0.2, -0.15) is 0 Å². The monoisotopic (exact) mass is 446 g/mol. The molecule has 8 nitrogen and oxygen atoms in total. The molecule has 0 saturated carbocycles. The number of hydrogen-bond acceptors (Lipinski definition) is 6. The molecule has 2 aromatic carbocycles. The summed E-state index contributed by atoms with van der Waals surface area (Å²) < 4.78 is 21.9. The molecule has 0 spiro atoms. The van der Waals surface area contributed by atoms with E-state index in [9.17, 15) is 9.59 Å². The van der Waals surface area contributed by atoms with Crippen LogP contribution in [0.2, 0.25) is 5.02 Å². The van der Waals surface area contributed by atoms with Crippen molar-refractivity contribution in [3.8, 4) is 23.0 Å². The lowest BCUT2D eigenvalue weighted by atomic mass is 9.91. The number of benzene rings is 2. The summed E-state index contributed by atoms with van der Waals surface area (Å²) in [7, 11) is 3.04. The Morgan fingerprint density at radius 1 is 1.10 bits per heavy atom. The molecule has 0 bridgehead atoms. The lowest BCUT2D eigenvalue weighted by Gasteiger charge is -2.23. The first kappa shape index (κ1) is 21.1. The maximum absolute atomic E-state index is 13.3. The zero-order valence-electron chi connectivity index (χ0n) is 17.5. The highest BCUT2D eigenvalue weighted by atomic mass is 35.5. The summed E-state index contributed by atoms with van der Waals surface area (Å²) in [5.74, 6) is 1.61. The number of imide groups is 1. The van der Waals surface area contributed by atoms with Crippen molar-refractivity contribution in [1.82, 2.24) is 10.2 Å². The van der Waals surface area contributed by atoms with Crippen LogP contribution in [0, 0.1) is 0 Å². The van der Waals surface area contributed by atoms with Crippen molar-refractivity contribution in [2.24, 2.45) is 0 Å². The summed E-state index contributed by atoms with van der Waals surface area (Å²) >= 11 is 6.36. The zero-order chi connectivity index (χ0) is 22.2. The largest absolute Gasteiger partial charge is 0.493 e. The normalized spacial score (nSPS) is 20.3. The van der Waals surface area contributed by atoms with Crippen molar-refractivity contribution in [2.45, 2.75) is 25.4 Å². The van der Waals surface area contributed by atoms with Crippen LogP contribution in [0.5, 0.6) is 23.0 Å². The molecule has 4 rings (SSSR count). The zero-order valence-corrected chi connectivity index (χ0v) is 18.2.